The van der Waals surface area contributed by atoms with E-state index in [9.17, 15) is 4.79 Å². The van der Waals surface area contributed by atoms with Gasteiger partial charge in [0.1, 0.15) is 0 Å². The molecular weight excluding hydrogens is 284 g/mol. The summed E-state index contributed by atoms with van der Waals surface area (Å²) in [5.41, 5.74) is 6.33. The summed E-state index contributed by atoms with van der Waals surface area (Å²) in [6, 6.07) is 4.50. The summed E-state index contributed by atoms with van der Waals surface area (Å²) in [4.78, 5) is 13.0. The molecule has 0 atom stereocenters. The standard InChI is InChI=1S/C21H28O2/c1-4-16-12-15(3)13-17(5-2)20(16)18-6-7-21(14-19(18)22)8-10-23-11-9-21/h6,12-13H,4-5,7-11,14H2,1-3H3. The van der Waals surface area contributed by atoms with E-state index in [1.807, 2.05) is 0 Å². The Balaban J connectivity index is 2.00. The molecule has 0 saturated carbocycles. The average molecular weight is 312 g/mol. The number of carbonyl (C=O) groups excluding carboxylic acids is 1. The minimum Gasteiger partial charge on any atom is -0.381 e. The molecule has 2 heteroatoms. The molecule has 3 rings (SSSR count). The fourth-order valence-corrected chi connectivity index (χ4v) is 4.21. The van der Waals surface area contributed by atoms with Crippen LogP contribution in [0.3, 0.4) is 0 Å². The number of carbonyl (C=O) groups is 1. The third-order valence-corrected chi connectivity index (χ3v) is 5.61. The van der Waals surface area contributed by atoms with Crippen LogP contribution in [0.15, 0.2) is 18.2 Å². The first kappa shape index (κ1) is 16.4. The Hall–Kier alpha value is -1.41. The van der Waals surface area contributed by atoms with Gasteiger partial charge in [0.05, 0.1) is 0 Å². The van der Waals surface area contributed by atoms with E-state index >= 15 is 0 Å². The zero-order chi connectivity index (χ0) is 16.4. The minimum absolute atomic E-state index is 0.169. The number of allylic oxidation sites excluding steroid dienone is 2. The Kier molecular flexibility index (Phi) is 4.72. The lowest BCUT2D eigenvalue weighted by atomic mass is 9.68. The maximum absolute atomic E-state index is 13.0. The molecule has 0 aromatic heterocycles. The fraction of sp³-hybridized carbons (Fsp3) is 0.571. The van der Waals surface area contributed by atoms with Crippen molar-refractivity contribution >= 4 is 11.4 Å². The fourth-order valence-electron chi connectivity index (χ4n) is 4.21. The van der Waals surface area contributed by atoms with E-state index in [4.69, 9.17) is 4.74 Å². The first-order chi connectivity index (χ1) is 11.1. The Labute approximate surface area is 139 Å². The van der Waals surface area contributed by atoms with Gasteiger partial charge < -0.3 is 4.74 Å². The summed E-state index contributed by atoms with van der Waals surface area (Å²) < 4.78 is 5.50. The maximum atomic E-state index is 13.0. The van der Waals surface area contributed by atoms with Crippen molar-refractivity contribution in [2.75, 3.05) is 13.2 Å². The van der Waals surface area contributed by atoms with Crippen molar-refractivity contribution in [1.29, 1.82) is 0 Å². The molecule has 1 aliphatic carbocycles. The van der Waals surface area contributed by atoms with Crippen molar-refractivity contribution in [2.24, 2.45) is 5.41 Å². The van der Waals surface area contributed by atoms with Crippen molar-refractivity contribution in [1.82, 2.24) is 0 Å². The molecule has 0 radical (unpaired) electrons. The molecule has 2 nitrogen and oxygen atoms in total. The number of aryl methyl sites for hydroxylation is 3. The second-order valence-corrected chi connectivity index (χ2v) is 7.20. The van der Waals surface area contributed by atoms with E-state index < -0.39 is 0 Å². The first-order valence-corrected chi connectivity index (χ1v) is 9.02. The van der Waals surface area contributed by atoms with Crippen LogP contribution < -0.4 is 0 Å². The van der Waals surface area contributed by atoms with Gasteiger partial charge in [-0.2, -0.15) is 0 Å². The molecule has 1 aliphatic heterocycles. The van der Waals surface area contributed by atoms with Gasteiger partial charge in [-0.25, -0.2) is 0 Å². The Morgan fingerprint density at radius 2 is 1.70 bits per heavy atom. The van der Waals surface area contributed by atoms with Gasteiger partial charge in [-0.15, -0.1) is 0 Å². The predicted molar refractivity (Wildman–Crippen MR) is 94.6 cm³/mol. The van der Waals surface area contributed by atoms with Crippen LogP contribution in [0.2, 0.25) is 0 Å². The van der Waals surface area contributed by atoms with Crippen LogP contribution in [0.25, 0.3) is 5.57 Å². The van der Waals surface area contributed by atoms with Crippen molar-refractivity contribution < 1.29 is 9.53 Å². The number of Topliss-reactive ketones (excluding diaryl/α,β-unsaturated/α-hetero) is 1. The molecule has 0 unspecified atom stereocenters. The van der Waals surface area contributed by atoms with Gasteiger partial charge in [0.25, 0.3) is 0 Å². The van der Waals surface area contributed by atoms with Crippen LogP contribution in [0.5, 0.6) is 0 Å². The largest absolute Gasteiger partial charge is 0.381 e. The molecule has 1 aromatic carbocycles. The normalized spacial score (nSPS) is 20.7. The highest BCUT2D eigenvalue weighted by Gasteiger charge is 2.38. The Morgan fingerprint density at radius 3 is 2.22 bits per heavy atom. The van der Waals surface area contributed by atoms with Crippen molar-refractivity contribution in [3.63, 3.8) is 0 Å². The first-order valence-electron chi connectivity index (χ1n) is 9.02. The van der Waals surface area contributed by atoms with Crippen LogP contribution in [0.4, 0.5) is 0 Å². The van der Waals surface area contributed by atoms with Crippen LogP contribution in [0, 0.1) is 12.3 Å². The van der Waals surface area contributed by atoms with E-state index in [-0.39, 0.29) is 5.41 Å². The number of ketones is 1. The number of benzene rings is 1. The Bertz CT molecular complexity index is 608. The van der Waals surface area contributed by atoms with Crippen molar-refractivity contribution in [3.05, 3.63) is 40.5 Å². The molecule has 124 valence electrons. The smallest absolute Gasteiger partial charge is 0.163 e. The number of rotatable bonds is 3. The van der Waals surface area contributed by atoms with E-state index in [0.29, 0.717) is 12.2 Å². The van der Waals surface area contributed by atoms with Gasteiger partial charge >= 0.3 is 0 Å². The van der Waals surface area contributed by atoms with Crippen LogP contribution >= 0.6 is 0 Å². The predicted octanol–water partition coefficient (Wildman–Crippen LogP) is 4.66. The van der Waals surface area contributed by atoms with E-state index in [1.165, 1.54) is 22.3 Å². The van der Waals surface area contributed by atoms with Gasteiger partial charge in [0, 0.05) is 25.2 Å². The average Bonchev–Trinajstić information content (AvgIpc) is 2.55. The molecule has 0 N–H and O–H groups in total. The van der Waals surface area contributed by atoms with Gasteiger partial charge in [0.15, 0.2) is 5.78 Å². The highest BCUT2D eigenvalue weighted by atomic mass is 16.5. The second-order valence-electron chi connectivity index (χ2n) is 7.20. The number of hydrogen-bond acceptors (Lipinski definition) is 2. The summed E-state index contributed by atoms with van der Waals surface area (Å²) in [6.07, 6.45) is 7.97. The lowest BCUT2D eigenvalue weighted by molar-refractivity contribution is -0.118. The molecule has 1 spiro atoms. The molecular formula is C21H28O2. The number of hydrogen-bond donors (Lipinski definition) is 0. The van der Waals surface area contributed by atoms with Crippen LogP contribution in [-0.4, -0.2) is 19.0 Å². The third kappa shape index (κ3) is 3.14. The summed E-state index contributed by atoms with van der Waals surface area (Å²) >= 11 is 0. The van der Waals surface area contributed by atoms with E-state index in [0.717, 1.165) is 50.9 Å². The lowest BCUT2D eigenvalue weighted by Crippen LogP contribution is -2.34. The van der Waals surface area contributed by atoms with E-state index in [1.54, 1.807) is 0 Å². The second kappa shape index (κ2) is 6.60. The lowest BCUT2D eigenvalue weighted by Gasteiger charge is -2.39. The van der Waals surface area contributed by atoms with E-state index in [2.05, 4.69) is 39.0 Å². The molecule has 1 aromatic rings. The molecule has 1 saturated heterocycles. The summed E-state index contributed by atoms with van der Waals surface area (Å²) in [5, 5.41) is 0. The molecule has 2 aliphatic rings. The van der Waals surface area contributed by atoms with Gasteiger partial charge in [0.2, 0.25) is 0 Å². The SMILES string of the molecule is CCc1cc(C)cc(CC)c1C1=CCC2(CCOCC2)CC1=O. The summed E-state index contributed by atoms with van der Waals surface area (Å²) in [6.45, 7) is 8.14. The monoisotopic (exact) mass is 312 g/mol. The number of ether oxygens (including phenoxy) is 1. The Morgan fingerprint density at radius 1 is 1.09 bits per heavy atom. The quantitative estimate of drug-likeness (QED) is 0.811. The van der Waals surface area contributed by atoms with Crippen LogP contribution in [0.1, 0.15) is 61.8 Å². The highest BCUT2D eigenvalue weighted by Crippen LogP contribution is 2.44. The zero-order valence-electron chi connectivity index (χ0n) is 14.7. The summed E-state index contributed by atoms with van der Waals surface area (Å²) in [5.74, 6) is 0.339. The molecule has 0 amide bonds. The minimum atomic E-state index is 0.169. The van der Waals surface area contributed by atoms with Gasteiger partial charge in [-0.3, -0.25) is 4.79 Å². The molecule has 0 bridgehead atoms. The summed E-state index contributed by atoms with van der Waals surface area (Å²) in [7, 11) is 0. The van der Waals surface area contributed by atoms with Crippen molar-refractivity contribution in [2.45, 2.75) is 59.3 Å². The van der Waals surface area contributed by atoms with Crippen molar-refractivity contribution in [3.8, 4) is 0 Å². The van der Waals surface area contributed by atoms with Crippen LogP contribution in [-0.2, 0) is 22.4 Å². The zero-order valence-corrected chi connectivity index (χ0v) is 14.7. The maximum Gasteiger partial charge on any atom is 0.163 e. The highest BCUT2D eigenvalue weighted by molar-refractivity contribution is 6.22. The topological polar surface area (TPSA) is 26.3 Å². The van der Waals surface area contributed by atoms with Gasteiger partial charge in [-0.05, 0) is 61.1 Å². The third-order valence-electron chi connectivity index (χ3n) is 5.61. The molecule has 1 heterocycles. The van der Waals surface area contributed by atoms with Gasteiger partial charge in [-0.1, -0.05) is 37.6 Å². The molecule has 1 fully saturated rings. The molecule has 23 heavy (non-hydrogen) atoms.